The van der Waals surface area contributed by atoms with Crippen LogP contribution >= 0.6 is 0 Å². The molecule has 144 valence electrons. The monoisotopic (exact) mass is 399 g/mol. The third-order valence-electron chi connectivity index (χ3n) is 5.67. The molecule has 0 spiro atoms. The Morgan fingerprint density at radius 3 is 2.15 bits per heavy atom. The van der Waals surface area contributed by atoms with Crippen LogP contribution in [0.4, 0.5) is 0 Å². The van der Waals surface area contributed by atoms with Crippen molar-refractivity contribution in [2.75, 3.05) is 26.2 Å². The smallest absolute Gasteiger partial charge is 0.244 e. The van der Waals surface area contributed by atoms with Gasteiger partial charge in [0.2, 0.25) is 20.0 Å². The molecule has 3 fully saturated rings. The molecule has 4 rings (SSSR count). The molecular formula is C17H25N3O4S2. The van der Waals surface area contributed by atoms with Crippen molar-refractivity contribution < 1.29 is 16.8 Å². The van der Waals surface area contributed by atoms with Gasteiger partial charge in [0.1, 0.15) is 9.79 Å². The van der Waals surface area contributed by atoms with Crippen molar-refractivity contribution in [2.45, 2.75) is 54.0 Å². The van der Waals surface area contributed by atoms with Gasteiger partial charge in [-0.1, -0.05) is 12.1 Å². The average molecular weight is 400 g/mol. The van der Waals surface area contributed by atoms with Gasteiger partial charge in [0.25, 0.3) is 0 Å². The first-order valence-electron chi connectivity index (χ1n) is 9.26. The van der Waals surface area contributed by atoms with Crippen molar-refractivity contribution in [3.63, 3.8) is 0 Å². The summed E-state index contributed by atoms with van der Waals surface area (Å²) >= 11 is 0. The van der Waals surface area contributed by atoms with E-state index < -0.39 is 20.0 Å². The summed E-state index contributed by atoms with van der Waals surface area (Å²) in [6, 6.07) is 5.92. The summed E-state index contributed by atoms with van der Waals surface area (Å²) < 4.78 is 56.1. The minimum absolute atomic E-state index is 0.0532. The molecule has 0 saturated carbocycles. The largest absolute Gasteiger partial charge is 0.315 e. The fourth-order valence-electron chi connectivity index (χ4n) is 4.39. The summed E-state index contributed by atoms with van der Waals surface area (Å²) in [4.78, 5) is -0.163. The molecule has 2 unspecified atom stereocenters. The molecule has 0 aliphatic carbocycles. The van der Waals surface area contributed by atoms with Crippen molar-refractivity contribution in [3.8, 4) is 0 Å². The first-order chi connectivity index (χ1) is 12.4. The van der Waals surface area contributed by atoms with Crippen LogP contribution in [0, 0.1) is 0 Å². The zero-order valence-corrected chi connectivity index (χ0v) is 16.3. The third-order valence-corrected chi connectivity index (χ3v) is 9.82. The fraction of sp³-hybridized carbons (Fsp3) is 0.647. The van der Waals surface area contributed by atoms with Gasteiger partial charge >= 0.3 is 0 Å². The SMILES string of the molecule is O=S(=O)(c1ccccc1S(=O)(=O)N1C2CCNCC1CC2)N1CCCC1. The summed E-state index contributed by atoms with van der Waals surface area (Å²) in [6.45, 7) is 2.32. The summed E-state index contributed by atoms with van der Waals surface area (Å²) in [5, 5.41) is 3.29. The number of benzene rings is 1. The number of nitrogens with zero attached hydrogens (tertiary/aromatic N) is 2. The second-order valence-electron chi connectivity index (χ2n) is 7.27. The first-order valence-corrected chi connectivity index (χ1v) is 12.1. The molecule has 1 aromatic rings. The van der Waals surface area contributed by atoms with E-state index in [1.165, 1.54) is 16.4 Å². The Labute approximate surface area is 155 Å². The van der Waals surface area contributed by atoms with Gasteiger partial charge in [-0.15, -0.1) is 0 Å². The topological polar surface area (TPSA) is 86.8 Å². The quantitative estimate of drug-likeness (QED) is 0.816. The van der Waals surface area contributed by atoms with Gasteiger partial charge in [-0.2, -0.15) is 8.61 Å². The van der Waals surface area contributed by atoms with E-state index in [-0.39, 0.29) is 21.9 Å². The Hall–Kier alpha value is -1.00. The molecule has 1 aromatic carbocycles. The Morgan fingerprint density at radius 2 is 1.46 bits per heavy atom. The van der Waals surface area contributed by atoms with Gasteiger partial charge < -0.3 is 5.32 Å². The molecule has 0 amide bonds. The predicted molar refractivity (Wildman–Crippen MR) is 97.8 cm³/mol. The van der Waals surface area contributed by atoms with Crippen LogP contribution in [0.15, 0.2) is 34.1 Å². The summed E-state index contributed by atoms with van der Waals surface area (Å²) in [6.07, 6.45) is 4.05. The van der Waals surface area contributed by atoms with Crippen molar-refractivity contribution in [1.29, 1.82) is 0 Å². The van der Waals surface area contributed by atoms with E-state index >= 15 is 0 Å². The normalized spacial score (nSPS) is 28.3. The zero-order valence-electron chi connectivity index (χ0n) is 14.7. The molecule has 0 aromatic heterocycles. The molecule has 3 aliphatic heterocycles. The van der Waals surface area contributed by atoms with Crippen LogP contribution in [-0.4, -0.2) is 63.7 Å². The van der Waals surface area contributed by atoms with Gasteiger partial charge in [-0.25, -0.2) is 16.8 Å². The van der Waals surface area contributed by atoms with E-state index in [1.54, 1.807) is 16.4 Å². The molecule has 7 nitrogen and oxygen atoms in total. The van der Waals surface area contributed by atoms with Crippen LogP contribution < -0.4 is 5.32 Å². The summed E-state index contributed by atoms with van der Waals surface area (Å²) in [5.74, 6) is 0. The van der Waals surface area contributed by atoms with Crippen LogP contribution in [-0.2, 0) is 20.0 Å². The van der Waals surface area contributed by atoms with Crippen LogP contribution in [0.2, 0.25) is 0 Å². The van der Waals surface area contributed by atoms with Gasteiger partial charge in [-0.3, -0.25) is 0 Å². The maximum absolute atomic E-state index is 13.5. The molecule has 1 N–H and O–H groups in total. The molecule has 3 heterocycles. The number of hydrogen-bond donors (Lipinski definition) is 1. The van der Waals surface area contributed by atoms with Gasteiger partial charge in [0, 0.05) is 31.7 Å². The van der Waals surface area contributed by atoms with Crippen molar-refractivity contribution >= 4 is 20.0 Å². The lowest BCUT2D eigenvalue weighted by Gasteiger charge is -2.28. The van der Waals surface area contributed by atoms with Crippen molar-refractivity contribution in [3.05, 3.63) is 24.3 Å². The minimum Gasteiger partial charge on any atom is -0.315 e. The number of fused-ring (bicyclic) bond motifs is 2. The van der Waals surface area contributed by atoms with E-state index in [0.717, 1.165) is 38.6 Å². The van der Waals surface area contributed by atoms with E-state index in [0.29, 0.717) is 19.6 Å². The third kappa shape index (κ3) is 2.99. The number of rotatable bonds is 4. The lowest BCUT2D eigenvalue weighted by molar-refractivity contribution is 0.333. The highest BCUT2D eigenvalue weighted by molar-refractivity contribution is 7.92. The molecule has 2 bridgehead atoms. The van der Waals surface area contributed by atoms with E-state index in [2.05, 4.69) is 5.32 Å². The number of sulfonamides is 2. The lowest BCUT2D eigenvalue weighted by Crippen LogP contribution is -2.43. The first kappa shape index (κ1) is 18.4. The van der Waals surface area contributed by atoms with Crippen molar-refractivity contribution in [1.82, 2.24) is 13.9 Å². The highest BCUT2D eigenvalue weighted by Crippen LogP contribution is 2.36. The van der Waals surface area contributed by atoms with Gasteiger partial charge in [-0.05, 0) is 50.8 Å². The average Bonchev–Trinajstić information content (AvgIpc) is 3.23. The summed E-state index contributed by atoms with van der Waals surface area (Å²) in [5.41, 5.74) is 0. The second-order valence-corrected chi connectivity index (χ2v) is 11.0. The predicted octanol–water partition coefficient (Wildman–Crippen LogP) is 0.986. The van der Waals surface area contributed by atoms with Gasteiger partial charge in [0.05, 0.1) is 0 Å². The molecule has 26 heavy (non-hydrogen) atoms. The van der Waals surface area contributed by atoms with Gasteiger partial charge in [0.15, 0.2) is 0 Å². The van der Waals surface area contributed by atoms with E-state index in [1.807, 2.05) is 0 Å². The second kappa shape index (κ2) is 6.87. The standard InChI is InChI=1S/C17H25N3O4S2/c21-25(22,19-11-3-4-12-19)16-5-1-2-6-17(16)26(23,24)20-14-7-8-15(20)13-18-10-9-14/h1-2,5-6,14-15,18H,3-4,7-13H2. The van der Waals surface area contributed by atoms with E-state index in [9.17, 15) is 16.8 Å². The molecule has 9 heteroatoms. The Balaban J connectivity index is 1.78. The molecule has 3 aliphatic rings. The van der Waals surface area contributed by atoms with Crippen LogP contribution in [0.5, 0.6) is 0 Å². The van der Waals surface area contributed by atoms with Crippen LogP contribution in [0.25, 0.3) is 0 Å². The lowest BCUT2D eigenvalue weighted by atomic mass is 10.1. The van der Waals surface area contributed by atoms with Crippen LogP contribution in [0.3, 0.4) is 0 Å². The maximum atomic E-state index is 13.5. The minimum atomic E-state index is -3.88. The summed E-state index contributed by atoms with van der Waals surface area (Å²) in [7, 11) is -7.68. The fourth-order valence-corrected chi connectivity index (χ4v) is 8.59. The Kier molecular flexibility index (Phi) is 4.85. The molecule has 0 radical (unpaired) electrons. The van der Waals surface area contributed by atoms with E-state index in [4.69, 9.17) is 0 Å². The molecule has 2 atom stereocenters. The Morgan fingerprint density at radius 1 is 0.846 bits per heavy atom. The van der Waals surface area contributed by atoms with Crippen molar-refractivity contribution in [2.24, 2.45) is 0 Å². The molecular weight excluding hydrogens is 374 g/mol. The highest BCUT2D eigenvalue weighted by atomic mass is 32.2. The van der Waals surface area contributed by atoms with Crippen LogP contribution in [0.1, 0.15) is 32.1 Å². The highest BCUT2D eigenvalue weighted by Gasteiger charge is 2.45. The Bertz CT molecular complexity index is 865. The maximum Gasteiger partial charge on any atom is 0.244 e. The zero-order chi connectivity index (χ0) is 18.4. The number of nitrogens with one attached hydrogen (secondary N) is 1. The number of hydrogen-bond acceptors (Lipinski definition) is 5. The molecule has 3 saturated heterocycles.